The SMILES string of the molecule is O=C(Nc1ccc(Cl)cc1-c1noc(=O)[nH]1)c1cc2cccc(NC(=O)c3ccccc3-c3ccccc3)c2[nH]1. The van der Waals surface area contributed by atoms with Gasteiger partial charge in [-0.05, 0) is 47.5 Å². The van der Waals surface area contributed by atoms with Crippen LogP contribution >= 0.6 is 11.6 Å². The molecule has 6 rings (SSSR count). The molecule has 0 radical (unpaired) electrons. The van der Waals surface area contributed by atoms with Crippen molar-refractivity contribution < 1.29 is 14.1 Å². The lowest BCUT2D eigenvalue weighted by atomic mass is 9.99. The third-order valence-electron chi connectivity index (χ3n) is 6.33. The topological polar surface area (TPSA) is 133 Å². The second kappa shape index (κ2) is 10.4. The van der Waals surface area contributed by atoms with Crippen LogP contribution in [0.5, 0.6) is 0 Å². The van der Waals surface area contributed by atoms with Gasteiger partial charge in [-0.25, -0.2) is 4.79 Å². The Morgan fingerprint density at radius 1 is 0.750 bits per heavy atom. The molecule has 10 heteroatoms. The first kappa shape index (κ1) is 24.9. The van der Waals surface area contributed by atoms with Gasteiger partial charge < -0.3 is 15.6 Å². The molecule has 2 heterocycles. The Kier molecular flexibility index (Phi) is 6.47. The van der Waals surface area contributed by atoms with Crippen LogP contribution in [0.25, 0.3) is 33.4 Å². The number of amides is 2. The van der Waals surface area contributed by atoms with Gasteiger partial charge in [0.25, 0.3) is 11.8 Å². The average Bonchev–Trinajstić information content (AvgIpc) is 3.61. The number of hydrogen-bond acceptors (Lipinski definition) is 5. The Bertz CT molecular complexity index is 1940. The van der Waals surface area contributed by atoms with Gasteiger partial charge in [-0.3, -0.25) is 19.1 Å². The van der Waals surface area contributed by atoms with Gasteiger partial charge in [-0.1, -0.05) is 77.4 Å². The van der Waals surface area contributed by atoms with Gasteiger partial charge in [0.15, 0.2) is 5.82 Å². The first-order valence-electron chi connectivity index (χ1n) is 12.2. The lowest BCUT2D eigenvalue weighted by Crippen LogP contribution is -2.14. The Morgan fingerprint density at radius 3 is 2.33 bits per heavy atom. The summed E-state index contributed by atoms with van der Waals surface area (Å²) >= 11 is 6.12. The molecule has 0 aliphatic carbocycles. The maximum absolute atomic E-state index is 13.4. The highest BCUT2D eigenvalue weighted by molar-refractivity contribution is 6.31. The molecule has 196 valence electrons. The number of aromatic nitrogens is 3. The molecule has 40 heavy (non-hydrogen) atoms. The second-order valence-electron chi connectivity index (χ2n) is 8.91. The smallest absolute Gasteiger partial charge is 0.349 e. The Hall–Kier alpha value is -5.41. The number of nitrogens with zero attached hydrogens (tertiary/aromatic N) is 1. The van der Waals surface area contributed by atoms with Crippen LogP contribution in [0.3, 0.4) is 0 Å². The van der Waals surface area contributed by atoms with E-state index < -0.39 is 11.7 Å². The van der Waals surface area contributed by atoms with Crippen LogP contribution in [0.2, 0.25) is 5.02 Å². The van der Waals surface area contributed by atoms with E-state index in [9.17, 15) is 14.4 Å². The number of aromatic amines is 2. The minimum absolute atomic E-state index is 0.125. The van der Waals surface area contributed by atoms with Crippen molar-refractivity contribution in [2.75, 3.05) is 10.6 Å². The molecule has 4 aromatic carbocycles. The van der Waals surface area contributed by atoms with Crippen molar-refractivity contribution in [2.45, 2.75) is 0 Å². The Balaban J connectivity index is 1.29. The third kappa shape index (κ3) is 4.89. The van der Waals surface area contributed by atoms with Crippen molar-refractivity contribution in [2.24, 2.45) is 0 Å². The first-order chi connectivity index (χ1) is 19.5. The summed E-state index contributed by atoms with van der Waals surface area (Å²) in [5.41, 5.74) is 4.39. The maximum Gasteiger partial charge on any atom is 0.439 e. The first-order valence-corrected chi connectivity index (χ1v) is 12.6. The molecular formula is C30H20ClN5O4. The standard InChI is InChI=1S/C30H20ClN5O4/c31-19-13-14-23(22(16-19)27-35-30(39)40-36-27)33-29(38)25-15-18-9-6-12-24(26(18)32-25)34-28(37)21-11-5-4-10-20(21)17-7-2-1-3-8-17/h1-16,32H,(H,33,38)(H,34,37)(H,35,36,39). The molecule has 0 unspecified atom stereocenters. The number of halogens is 1. The van der Waals surface area contributed by atoms with Gasteiger partial charge in [-0.15, -0.1) is 0 Å². The molecule has 0 atom stereocenters. The van der Waals surface area contributed by atoms with Gasteiger partial charge >= 0.3 is 5.76 Å². The van der Waals surface area contributed by atoms with Crippen LogP contribution in [0.15, 0.2) is 106 Å². The minimum atomic E-state index is -0.733. The third-order valence-corrected chi connectivity index (χ3v) is 6.57. The summed E-state index contributed by atoms with van der Waals surface area (Å²) in [7, 11) is 0. The highest BCUT2D eigenvalue weighted by Crippen LogP contribution is 2.30. The van der Waals surface area contributed by atoms with Crippen molar-refractivity contribution in [3.05, 3.63) is 124 Å². The van der Waals surface area contributed by atoms with Crippen LogP contribution in [0.1, 0.15) is 20.8 Å². The normalized spacial score (nSPS) is 10.9. The lowest BCUT2D eigenvalue weighted by molar-refractivity contribution is 0.101. The fourth-order valence-electron chi connectivity index (χ4n) is 4.48. The van der Waals surface area contributed by atoms with Gasteiger partial charge in [-0.2, -0.15) is 0 Å². The molecular weight excluding hydrogens is 530 g/mol. The molecule has 0 aliphatic heterocycles. The molecule has 0 saturated heterocycles. The summed E-state index contributed by atoms with van der Waals surface area (Å²) in [5, 5.41) is 10.6. The Labute approximate surface area is 231 Å². The average molecular weight is 550 g/mol. The molecule has 2 amide bonds. The number of H-pyrrole nitrogens is 2. The van der Waals surface area contributed by atoms with Crippen LogP contribution in [0, 0.1) is 0 Å². The quantitative estimate of drug-likeness (QED) is 0.192. The number of fused-ring (bicyclic) bond motifs is 1. The summed E-state index contributed by atoms with van der Waals surface area (Å²) in [6.07, 6.45) is 0. The zero-order valence-electron chi connectivity index (χ0n) is 20.7. The summed E-state index contributed by atoms with van der Waals surface area (Å²) in [6.45, 7) is 0. The molecule has 9 nitrogen and oxygen atoms in total. The number of nitrogens with one attached hydrogen (secondary N) is 4. The van der Waals surface area contributed by atoms with E-state index in [-0.39, 0.29) is 17.4 Å². The fraction of sp³-hybridized carbons (Fsp3) is 0. The van der Waals surface area contributed by atoms with Crippen LogP contribution < -0.4 is 16.4 Å². The van der Waals surface area contributed by atoms with Gasteiger partial charge in [0.2, 0.25) is 0 Å². The lowest BCUT2D eigenvalue weighted by Gasteiger charge is -2.11. The zero-order chi connectivity index (χ0) is 27.6. The highest BCUT2D eigenvalue weighted by atomic mass is 35.5. The number of rotatable bonds is 6. The van der Waals surface area contributed by atoms with E-state index in [2.05, 4.69) is 30.3 Å². The summed E-state index contributed by atoms with van der Waals surface area (Å²) < 4.78 is 4.59. The second-order valence-corrected chi connectivity index (χ2v) is 9.34. The van der Waals surface area contributed by atoms with E-state index in [1.54, 1.807) is 42.5 Å². The molecule has 0 bridgehead atoms. The van der Waals surface area contributed by atoms with Crippen LogP contribution in [-0.4, -0.2) is 26.9 Å². The zero-order valence-corrected chi connectivity index (χ0v) is 21.5. The summed E-state index contributed by atoms with van der Waals surface area (Å²) in [4.78, 5) is 43.6. The number of para-hydroxylation sites is 1. The monoisotopic (exact) mass is 549 g/mol. The van der Waals surface area contributed by atoms with Crippen LogP contribution in [-0.2, 0) is 0 Å². The van der Waals surface area contributed by atoms with E-state index in [1.807, 2.05) is 54.6 Å². The molecule has 0 fully saturated rings. The number of carbonyl (C=O) groups excluding carboxylic acids is 2. The number of benzene rings is 4. The van der Waals surface area contributed by atoms with E-state index in [0.717, 1.165) is 16.5 Å². The Morgan fingerprint density at radius 2 is 1.52 bits per heavy atom. The van der Waals surface area contributed by atoms with Crippen molar-refractivity contribution in [1.82, 2.24) is 15.1 Å². The maximum atomic E-state index is 13.4. The highest BCUT2D eigenvalue weighted by Gasteiger charge is 2.18. The van der Waals surface area contributed by atoms with Crippen molar-refractivity contribution >= 4 is 45.7 Å². The number of anilines is 2. The summed E-state index contributed by atoms with van der Waals surface area (Å²) in [5.74, 6) is -1.33. The predicted octanol–water partition coefficient (Wildman–Crippen LogP) is 6.34. The number of hydrogen-bond donors (Lipinski definition) is 4. The fourth-order valence-corrected chi connectivity index (χ4v) is 4.65. The number of carbonyl (C=O) groups is 2. The van der Waals surface area contributed by atoms with E-state index in [0.29, 0.717) is 33.0 Å². The molecule has 0 saturated carbocycles. The molecule has 0 aliphatic rings. The molecule has 4 N–H and O–H groups in total. The molecule has 6 aromatic rings. The largest absolute Gasteiger partial charge is 0.439 e. The molecule has 2 aromatic heterocycles. The van der Waals surface area contributed by atoms with E-state index in [4.69, 9.17) is 11.6 Å². The van der Waals surface area contributed by atoms with Gasteiger partial charge in [0, 0.05) is 21.5 Å². The van der Waals surface area contributed by atoms with Crippen molar-refractivity contribution in [1.29, 1.82) is 0 Å². The van der Waals surface area contributed by atoms with Crippen molar-refractivity contribution in [3.63, 3.8) is 0 Å². The van der Waals surface area contributed by atoms with E-state index >= 15 is 0 Å². The molecule has 0 spiro atoms. The van der Waals surface area contributed by atoms with Crippen LogP contribution in [0.4, 0.5) is 11.4 Å². The predicted molar refractivity (Wildman–Crippen MR) is 154 cm³/mol. The van der Waals surface area contributed by atoms with Gasteiger partial charge in [0.05, 0.1) is 16.9 Å². The van der Waals surface area contributed by atoms with Gasteiger partial charge in [0.1, 0.15) is 5.69 Å². The van der Waals surface area contributed by atoms with Crippen molar-refractivity contribution in [3.8, 4) is 22.5 Å². The summed E-state index contributed by atoms with van der Waals surface area (Å²) in [6, 6.07) is 28.9. The minimum Gasteiger partial charge on any atom is -0.349 e. The van der Waals surface area contributed by atoms with E-state index in [1.165, 1.54) is 0 Å².